The van der Waals surface area contributed by atoms with Gasteiger partial charge >= 0.3 is 0 Å². The van der Waals surface area contributed by atoms with E-state index in [4.69, 9.17) is 0 Å². The monoisotopic (exact) mass is 334 g/mol. The molecule has 2 rings (SSSR count). The Morgan fingerprint density at radius 2 is 2.20 bits per heavy atom. The average molecular weight is 336 g/mol. The Kier molecular flexibility index (Phi) is 4.16. The third kappa shape index (κ3) is 2.52. The van der Waals surface area contributed by atoms with E-state index in [-0.39, 0.29) is 22.7 Å². The summed E-state index contributed by atoms with van der Waals surface area (Å²) >= 11 is 3.32. The van der Waals surface area contributed by atoms with Gasteiger partial charge in [-0.2, -0.15) is 0 Å². The lowest BCUT2D eigenvalue weighted by Gasteiger charge is -2.17. The normalized spacial score (nSPS) is 14.1. The Hall–Kier alpha value is -0.550. The van der Waals surface area contributed by atoms with Crippen molar-refractivity contribution in [3.05, 3.63) is 22.2 Å². The fraction of sp³-hybridized carbons (Fsp3) is 0.300. The minimum atomic E-state index is 0. The number of aryl methyl sites for hydroxylation is 1. The lowest BCUT2D eigenvalue weighted by molar-refractivity contribution is 0.472. The molecule has 0 aromatic heterocycles. The number of hydrogen-bond acceptors (Lipinski definition) is 3. The molecule has 0 saturated heterocycles. The molecule has 0 aliphatic carbocycles. The van der Waals surface area contributed by atoms with Crippen molar-refractivity contribution in [3.63, 3.8) is 0 Å². The van der Waals surface area contributed by atoms with E-state index in [1.54, 1.807) is 6.34 Å². The lowest BCUT2D eigenvalue weighted by atomic mass is 10.2. The van der Waals surface area contributed by atoms with Gasteiger partial charge in [0.25, 0.3) is 0 Å². The van der Waals surface area contributed by atoms with E-state index in [0.29, 0.717) is 0 Å². The number of aromatic hydroxyl groups is 1. The molecule has 0 atom stereocenters. The van der Waals surface area contributed by atoms with Gasteiger partial charge in [-0.05, 0) is 40.5 Å². The van der Waals surface area contributed by atoms with Crippen molar-refractivity contribution in [1.82, 2.24) is 0 Å². The smallest absolute Gasteiger partial charge is 0.153 e. The van der Waals surface area contributed by atoms with E-state index in [0.717, 1.165) is 28.8 Å². The second-order valence-electron chi connectivity index (χ2n) is 3.33. The maximum Gasteiger partial charge on any atom is 0.153 e. The molecule has 0 amide bonds. The Bertz CT molecular complexity index is 393. The number of rotatable bonds is 1. The van der Waals surface area contributed by atoms with E-state index in [1.165, 1.54) is 0 Å². The highest BCUT2D eigenvalue weighted by atomic mass is 79.9. The van der Waals surface area contributed by atoms with Gasteiger partial charge < -0.3 is 10.0 Å². The Balaban J connectivity index is 0.00000112. The molecule has 1 aliphatic heterocycles. The van der Waals surface area contributed by atoms with Crippen LogP contribution >= 0.6 is 32.9 Å². The van der Waals surface area contributed by atoms with E-state index in [1.807, 2.05) is 24.0 Å². The minimum Gasteiger partial charge on any atom is -0.505 e. The van der Waals surface area contributed by atoms with Crippen molar-refractivity contribution >= 4 is 44.9 Å². The molecule has 0 fully saturated rings. The zero-order valence-electron chi connectivity index (χ0n) is 8.27. The maximum absolute atomic E-state index is 9.83. The summed E-state index contributed by atoms with van der Waals surface area (Å²) in [4.78, 5) is 6.07. The summed E-state index contributed by atoms with van der Waals surface area (Å²) in [6.07, 6.45) is 1.76. The summed E-state index contributed by atoms with van der Waals surface area (Å²) in [6, 6.07) is 3.85. The Labute approximate surface area is 108 Å². The van der Waals surface area contributed by atoms with Crippen molar-refractivity contribution in [2.45, 2.75) is 6.92 Å². The molecule has 0 saturated carbocycles. The molecule has 3 nitrogen and oxygen atoms in total. The first-order valence-corrected chi connectivity index (χ1v) is 5.23. The van der Waals surface area contributed by atoms with E-state index < -0.39 is 0 Å². The van der Waals surface area contributed by atoms with Crippen LogP contribution in [0.5, 0.6) is 5.75 Å². The summed E-state index contributed by atoms with van der Waals surface area (Å²) < 4.78 is 0.729. The van der Waals surface area contributed by atoms with Crippen LogP contribution in [0.2, 0.25) is 0 Å². The second kappa shape index (κ2) is 4.99. The van der Waals surface area contributed by atoms with E-state index >= 15 is 0 Å². The molecule has 1 aliphatic rings. The van der Waals surface area contributed by atoms with Gasteiger partial charge in [-0.15, -0.1) is 17.0 Å². The van der Waals surface area contributed by atoms with Crippen molar-refractivity contribution < 1.29 is 5.11 Å². The van der Waals surface area contributed by atoms with Gasteiger partial charge in [-0.3, -0.25) is 4.99 Å². The van der Waals surface area contributed by atoms with Crippen molar-refractivity contribution in [3.8, 4) is 5.75 Å². The maximum atomic E-state index is 9.83. The SMILES string of the molecule is Br.Cc1cc(Br)c(O)c(N2C=NCC2)c1. The molecular weight excluding hydrogens is 324 g/mol. The standard InChI is InChI=1S/C10H11BrN2O.BrH/c1-7-4-8(11)10(14)9(5-7)13-3-2-12-6-13;/h4-6,14H,2-3H2,1H3;1H. The number of nitrogens with zero attached hydrogens (tertiary/aromatic N) is 2. The number of phenols is 1. The lowest BCUT2D eigenvalue weighted by Crippen LogP contribution is -2.18. The first-order valence-electron chi connectivity index (χ1n) is 4.44. The van der Waals surface area contributed by atoms with Crippen LogP contribution in [0, 0.1) is 6.92 Å². The summed E-state index contributed by atoms with van der Waals surface area (Å²) in [5, 5.41) is 9.83. The number of hydrogen-bond donors (Lipinski definition) is 1. The van der Waals surface area contributed by atoms with Gasteiger partial charge in [0.2, 0.25) is 0 Å². The van der Waals surface area contributed by atoms with Crippen LogP contribution in [0.1, 0.15) is 5.56 Å². The van der Waals surface area contributed by atoms with Gasteiger partial charge in [0, 0.05) is 6.54 Å². The molecule has 1 aromatic rings. The summed E-state index contributed by atoms with van der Waals surface area (Å²) in [5.74, 6) is 0.281. The molecule has 15 heavy (non-hydrogen) atoms. The van der Waals surface area contributed by atoms with E-state index in [9.17, 15) is 5.11 Å². The number of benzene rings is 1. The molecule has 0 bridgehead atoms. The van der Waals surface area contributed by atoms with Crippen LogP contribution in [0.4, 0.5) is 5.69 Å². The van der Waals surface area contributed by atoms with Crippen molar-refractivity contribution in [2.24, 2.45) is 4.99 Å². The molecule has 0 spiro atoms. The quantitative estimate of drug-likeness (QED) is 0.856. The molecule has 82 valence electrons. The molecule has 0 unspecified atom stereocenters. The zero-order valence-corrected chi connectivity index (χ0v) is 11.6. The third-order valence-electron chi connectivity index (χ3n) is 2.19. The largest absolute Gasteiger partial charge is 0.505 e. The van der Waals surface area contributed by atoms with Crippen LogP contribution in [-0.2, 0) is 0 Å². The molecule has 1 aromatic carbocycles. The first kappa shape index (κ1) is 12.5. The molecule has 0 radical (unpaired) electrons. The molecule has 5 heteroatoms. The van der Waals surface area contributed by atoms with Crippen LogP contribution in [0.25, 0.3) is 0 Å². The van der Waals surface area contributed by atoms with Gasteiger partial charge in [0.1, 0.15) is 0 Å². The summed E-state index contributed by atoms with van der Waals surface area (Å²) in [6.45, 7) is 3.63. The zero-order chi connectivity index (χ0) is 10.1. The number of anilines is 1. The van der Waals surface area contributed by atoms with Crippen LogP contribution < -0.4 is 4.90 Å². The van der Waals surface area contributed by atoms with Crippen molar-refractivity contribution in [1.29, 1.82) is 0 Å². The van der Waals surface area contributed by atoms with Crippen LogP contribution in [-0.4, -0.2) is 24.5 Å². The topological polar surface area (TPSA) is 35.8 Å². The van der Waals surface area contributed by atoms with Gasteiger partial charge in [0.05, 0.1) is 23.0 Å². The number of halogens is 2. The number of phenolic OH excluding ortho intramolecular Hbond substituents is 1. The van der Waals surface area contributed by atoms with Crippen LogP contribution in [0.15, 0.2) is 21.6 Å². The van der Waals surface area contributed by atoms with E-state index in [2.05, 4.69) is 20.9 Å². The Morgan fingerprint density at radius 1 is 1.47 bits per heavy atom. The highest BCUT2D eigenvalue weighted by molar-refractivity contribution is 9.10. The third-order valence-corrected chi connectivity index (χ3v) is 2.79. The fourth-order valence-corrected chi connectivity index (χ4v) is 2.06. The van der Waals surface area contributed by atoms with Gasteiger partial charge in [-0.25, -0.2) is 0 Å². The summed E-state index contributed by atoms with van der Waals surface area (Å²) in [7, 11) is 0. The predicted molar refractivity (Wildman–Crippen MR) is 71.6 cm³/mol. The predicted octanol–water partition coefficient (Wildman–Crippen LogP) is 2.89. The molecule has 1 N–H and O–H groups in total. The highest BCUT2D eigenvalue weighted by Gasteiger charge is 2.14. The first-order chi connectivity index (χ1) is 6.68. The minimum absolute atomic E-state index is 0. The average Bonchev–Trinajstić information content (AvgIpc) is 2.63. The van der Waals surface area contributed by atoms with Crippen molar-refractivity contribution in [2.75, 3.05) is 18.0 Å². The summed E-state index contributed by atoms with van der Waals surface area (Å²) in [5.41, 5.74) is 1.93. The van der Waals surface area contributed by atoms with Crippen LogP contribution in [0.3, 0.4) is 0 Å². The second-order valence-corrected chi connectivity index (χ2v) is 4.18. The highest BCUT2D eigenvalue weighted by Crippen LogP contribution is 2.35. The molecular formula is C10H12Br2N2O. The van der Waals surface area contributed by atoms with Gasteiger partial charge in [-0.1, -0.05) is 0 Å². The number of aliphatic imine (C=N–C) groups is 1. The fourth-order valence-electron chi connectivity index (χ4n) is 1.50. The molecule has 1 heterocycles. The Morgan fingerprint density at radius 3 is 2.80 bits per heavy atom. The van der Waals surface area contributed by atoms with Gasteiger partial charge in [0.15, 0.2) is 5.75 Å².